The van der Waals surface area contributed by atoms with E-state index in [1.807, 2.05) is 30.3 Å². The van der Waals surface area contributed by atoms with E-state index in [1.165, 1.54) is 0 Å². The van der Waals surface area contributed by atoms with Crippen molar-refractivity contribution in [2.24, 2.45) is 0 Å². The van der Waals surface area contributed by atoms with E-state index in [0.29, 0.717) is 17.1 Å². The standard InChI is InChI=1S/C16H10N2O3/c19-13-9-11-5-2-1-4-10(11)8-12(13)16-17-15(18-21-16)14-6-3-7-20-14/h1-9,19H. The molecule has 2 heterocycles. The highest BCUT2D eigenvalue weighted by molar-refractivity contribution is 5.89. The summed E-state index contributed by atoms with van der Waals surface area (Å²) in [4.78, 5) is 4.26. The second-order valence-corrected chi connectivity index (χ2v) is 4.62. The van der Waals surface area contributed by atoms with Crippen LogP contribution in [0.1, 0.15) is 0 Å². The molecule has 0 spiro atoms. The lowest BCUT2D eigenvalue weighted by atomic mass is 10.1. The minimum atomic E-state index is 0.100. The summed E-state index contributed by atoms with van der Waals surface area (Å²) in [6, 6.07) is 14.7. The zero-order valence-electron chi connectivity index (χ0n) is 10.9. The molecule has 0 unspecified atom stereocenters. The van der Waals surface area contributed by atoms with E-state index in [9.17, 15) is 5.11 Å². The van der Waals surface area contributed by atoms with Crippen LogP contribution in [-0.2, 0) is 0 Å². The highest BCUT2D eigenvalue weighted by Gasteiger charge is 2.16. The Hall–Kier alpha value is -3.08. The molecule has 0 aliphatic carbocycles. The normalized spacial score (nSPS) is 11.0. The Kier molecular flexibility index (Phi) is 2.50. The van der Waals surface area contributed by atoms with Crippen molar-refractivity contribution >= 4 is 10.8 Å². The molecule has 1 N–H and O–H groups in total. The van der Waals surface area contributed by atoms with Crippen LogP contribution in [-0.4, -0.2) is 15.2 Å². The molecule has 4 aromatic rings. The number of furan rings is 1. The minimum absolute atomic E-state index is 0.100. The lowest BCUT2D eigenvalue weighted by molar-refractivity contribution is 0.423. The highest BCUT2D eigenvalue weighted by Crippen LogP contribution is 2.33. The van der Waals surface area contributed by atoms with Gasteiger partial charge < -0.3 is 14.0 Å². The van der Waals surface area contributed by atoms with Gasteiger partial charge in [-0.1, -0.05) is 29.4 Å². The number of fused-ring (bicyclic) bond motifs is 1. The van der Waals surface area contributed by atoms with E-state index >= 15 is 0 Å². The molecule has 102 valence electrons. The molecule has 0 aliphatic rings. The molecule has 2 aromatic heterocycles. The van der Waals surface area contributed by atoms with Crippen LogP contribution in [0.25, 0.3) is 33.8 Å². The molecule has 0 aliphatic heterocycles. The summed E-state index contributed by atoms with van der Waals surface area (Å²) >= 11 is 0. The molecular formula is C16H10N2O3. The van der Waals surface area contributed by atoms with Crippen LogP contribution in [0.5, 0.6) is 5.75 Å². The van der Waals surface area contributed by atoms with Gasteiger partial charge in [0.25, 0.3) is 5.89 Å². The van der Waals surface area contributed by atoms with Gasteiger partial charge in [-0.05, 0) is 35.0 Å². The summed E-state index contributed by atoms with van der Waals surface area (Å²) in [6.45, 7) is 0. The molecule has 4 rings (SSSR count). The van der Waals surface area contributed by atoms with E-state index in [2.05, 4.69) is 10.1 Å². The molecule has 5 nitrogen and oxygen atoms in total. The van der Waals surface area contributed by atoms with Crippen molar-refractivity contribution in [1.29, 1.82) is 0 Å². The number of hydrogen-bond acceptors (Lipinski definition) is 5. The van der Waals surface area contributed by atoms with Gasteiger partial charge in [-0.15, -0.1) is 0 Å². The Morgan fingerprint density at radius 1 is 0.952 bits per heavy atom. The topological polar surface area (TPSA) is 72.3 Å². The minimum Gasteiger partial charge on any atom is -0.507 e. The number of rotatable bonds is 2. The van der Waals surface area contributed by atoms with Crippen LogP contribution in [0.2, 0.25) is 0 Å². The van der Waals surface area contributed by atoms with Crippen molar-refractivity contribution in [3.05, 3.63) is 54.8 Å². The van der Waals surface area contributed by atoms with Gasteiger partial charge in [0.15, 0.2) is 5.76 Å². The number of nitrogens with zero attached hydrogens (tertiary/aromatic N) is 2. The number of hydrogen-bond donors (Lipinski definition) is 1. The first-order chi connectivity index (χ1) is 10.3. The predicted molar refractivity (Wildman–Crippen MR) is 76.6 cm³/mol. The number of phenolic OH excluding ortho intramolecular Hbond substituents is 1. The molecule has 0 amide bonds. The third kappa shape index (κ3) is 1.95. The van der Waals surface area contributed by atoms with E-state index in [1.54, 1.807) is 24.5 Å². The van der Waals surface area contributed by atoms with Gasteiger partial charge in [0.05, 0.1) is 11.8 Å². The Labute approximate surface area is 119 Å². The van der Waals surface area contributed by atoms with Gasteiger partial charge in [-0.3, -0.25) is 0 Å². The summed E-state index contributed by atoms with van der Waals surface area (Å²) in [7, 11) is 0. The van der Waals surface area contributed by atoms with Crippen molar-refractivity contribution in [3.63, 3.8) is 0 Å². The molecule has 0 saturated heterocycles. The number of aromatic nitrogens is 2. The maximum Gasteiger partial charge on any atom is 0.262 e. The highest BCUT2D eigenvalue weighted by atomic mass is 16.5. The summed E-state index contributed by atoms with van der Waals surface area (Å²) in [6.07, 6.45) is 1.54. The first-order valence-electron chi connectivity index (χ1n) is 6.41. The van der Waals surface area contributed by atoms with Gasteiger partial charge in [0, 0.05) is 0 Å². The zero-order chi connectivity index (χ0) is 14.2. The summed E-state index contributed by atoms with van der Waals surface area (Å²) in [5, 5.41) is 16.0. The molecule has 0 fully saturated rings. The molecule has 2 aromatic carbocycles. The molecular weight excluding hydrogens is 268 g/mol. The average molecular weight is 278 g/mol. The van der Waals surface area contributed by atoms with Gasteiger partial charge in [0.2, 0.25) is 5.82 Å². The Morgan fingerprint density at radius 3 is 2.52 bits per heavy atom. The fraction of sp³-hybridized carbons (Fsp3) is 0. The number of benzene rings is 2. The van der Waals surface area contributed by atoms with Crippen LogP contribution >= 0.6 is 0 Å². The summed E-state index contributed by atoms with van der Waals surface area (Å²) in [5.74, 6) is 1.22. The second kappa shape index (κ2) is 4.49. The van der Waals surface area contributed by atoms with Crippen molar-refractivity contribution in [1.82, 2.24) is 10.1 Å². The fourth-order valence-electron chi connectivity index (χ4n) is 2.24. The number of phenols is 1. The lowest BCUT2D eigenvalue weighted by Gasteiger charge is -2.02. The van der Waals surface area contributed by atoms with E-state index < -0.39 is 0 Å². The molecule has 21 heavy (non-hydrogen) atoms. The first kappa shape index (κ1) is 11.7. The molecule has 0 radical (unpaired) electrons. The van der Waals surface area contributed by atoms with Crippen LogP contribution in [0.15, 0.2) is 63.7 Å². The van der Waals surface area contributed by atoms with E-state index in [4.69, 9.17) is 8.94 Å². The van der Waals surface area contributed by atoms with Gasteiger partial charge in [-0.25, -0.2) is 0 Å². The molecule has 0 bridgehead atoms. The predicted octanol–water partition coefficient (Wildman–Crippen LogP) is 3.86. The van der Waals surface area contributed by atoms with Gasteiger partial charge >= 0.3 is 0 Å². The van der Waals surface area contributed by atoms with Crippen molar-refractivity contribution in [2.75, 3.05) is 0 Å². The zero-order valence-corrected chi connectivity index (χ0v) is 10.9. The van der Waals surface area contributed by atoms with Crippen LogP contribution in [0.3, 0.4) is 0 Å². The Balaban J connectivity index is 1.85. The molecule has 0 saturated carbocycles. The third-order valence-electron chi connectivity index (χ3n) is 3.26. The van der Waals surface area contributed by atoms with Crippen LogP contribution in [0.4, 0.5) is 0 Å². The second-order valence-electron chi connectivity index (χ2n) is 4.62. The molecule has 5 heteroatoms. The maximum absolute atomic E-state index is 10.2. The first-order valence-corrected chi connectivity index (χ1v) is 6.41. The Morgan fingerprint density at radius 2 is 1.76 bits per heavy atom. The molecule has 0 atom stereocenters. The summed E-state index contributed by atoms with van der Waals surface area (Å²) < 4.78 is 10.4. The largest absolute Gasteiger partial charge is 0.507 e. The SMILES string of the molecule is Oc1cc2ccccc2cc1-c1nc(-c2ccco2)no1. The van der Waals surface area contributed by atoms with Crippen molar-refractivity contribution in [3.8, 4) is 28.8 Å². The van der Waals surface area contributed by atoms with E-state index in [-0.39, 0.29) is 11.6 Å². The maximum atomic E-state index is 10.2. The number of aromatic hydroxyl groups is 1. The van der Waals surface area contributed by atoms with Crippen LogP contribution < -0.4 is 0 Å². The lowest BCUT2D eigenvalue weighted by Crippen LogP contribution is -1.82. The smallest absolute Gasteiger partial charge is 0.262 e. The van der Waals surface area contributed by atoms with Gasteiger partial charge in [0.1, 0.15) is 5.75 Å². The monoisotopic (exact) mass is 278 g/mol. The third-order valence-corrected chi connectivity index (χ3v) is 3.26. The quantitative estimate of drug-likeness (QED) is 0.602. The summed E-state index contributed by atoms with van der Waals surface area (Å²) in [5.41, 5.74) is 0.499. The fourth-order valence-corrected chi connectivity index (χ4v) is 2.24. The van der Waals surface area contributed by atoms with Crippen LogP contribution in [0, 0.1) is 0 Å². The van der Waals surface area contributed by atoms with E-state index in [0.717, 1.165) is 10.8 Å². The van der Waals surface area contributed by atoms with Crippen molar-refractivity contribution < 1.29 is 14.0 Å². The average Bonchev–Trinajstić information content (AvgIpc) is 3.17. The van der Waals surface area contributed by atoms with Gasteiger partial charge in [-0.2, -0.15) is 4.98 Å². The van der Waals surface area contributed by atoms with Crippen molar-refractivity contribution in [2.45, 2.75) is 0 Å². The Bertz CT molecular complexity index is 910.